The van der Waals surface area contributed by atoms with Crippen LogP contribution in [0.5, 0.6) is 5.75 Å². The molecule has 0 aliphatic carbocycles. The van der Waals surface area contributed by atoms with Crippen molar-refractivity contribution in [3.8, 4) is 5.75 Å². The quantitative estimate of drug-likeness (QED) is 0.849. The number of ether oxygens (including phenoxy) is 1. The average Bonchev–Trinajstić information content (AvgIpc) is 3.03. The van der Waals surface area contributed by atoms with Gasteiger partial charge in [0.15, 0.2) is 0 Å². The maximum atomic E-state index is 13.6. The van der Waals surface area contributed by atoms with Crippen molar-refractivity contribution >= 4 is 5.91 Å². The van der Waals surface area contributed by atoms with E-state index in [-0.39, 0.29) is 5.91 Å². The van der Waals surface area contributed by atoms with Crippen LogP contribution in [0.1, 0.15) is 11.1 Å². The van der Waals surface area contributed by atoms with Gasteiger partial charge >= 0.3 is 0 Å². The lowest BCUT2D eigenvalue weighted by molar-refractivity contribution is -0.137. The van der Waals surface area contributed by atoms with E-state index in [1.165, 1.54) is 0 Å². The lowest BCUT2D eigenvalue weighted by Gasteiger charge is -2.38. The van der Waals surface area contributed by atoms with E-state index in [9.17, 15) is 4.79 Å². The monoisotopic (exact) mass is 322 g/mol. The van der Waals surface area contributed by atoms with E-state index < -0.39 is 5.41 Å². The Morgan fingerprint density at radius 1 is 0.958 bits per heavy atom. The van der Waals surface area contributed by atoms with Crippen molar-refractivity contribution in [1.29, 1.82) is 0 Å². The molecule has 1 amide bonds. The molecule has 4 rings (SSSR count). The summed E-state index contributed by atoms with van der Waals surface area (Å²) < 4.78 is 5.94. The highest BCUT2D eigenvalue weighted by atomic mass is 16.5. The summed E-state index contributed by atoms with van der Waals surface area (Å²) in [6.07, 6.45) is 0. The zero-order valence-electron chi connectivity index (χ0n) is 13.9. The van der Waals surface area contributed by atoms with Gasteiger partial charge in [-0.05, 0) is 18.7 Å². The third kappa shape index (κ3) is 2.29. The van der Waals surface area contributed by atoms with Crippen LogP contribution in [0.2, 0.25) is 0 Å². The minimum Gasteiger partial charge on any atom is -0.491 e. The molecule has 2 heterocycles. The predicted molar refractivity (Wildman–Crippen MR) is 93.2 cm³/mol. The molecule has 1 atom stereocenters. The Morgan fingerprint density at radius 3 is 2.38 bits per heavy atom. The number of benzene rings is 2. The zero-order chi connectivity index (χ0) is 16.6. The van der Waals surface area contributed by atoms with Gasteiger partial charge in [0, 0.05) is 31.7 Å². The Kier molecular flexibility index (Phi) is 3.77. The Hall–Kier alpha value is -2.33. The predicted octanol–water partition coefficient (Wildman–Crippen LogP) is 2.14. The van der Waals surface area contributed by atoms with E-state index >= 15 is 0 Å². The molecule has 0 radical (unpaired) electrons. The molecule has 0 N–H and O–H groups in total. The lowest BCUT2D eigenvalue weighted by Crippen LogP contribution is -2.55. The van der Waals surface area contributed by atoms with Crippen LogP contribution in [0.4, 0.5) is 0 Å². The second-order valence-corrected chi connectivity index (χ2v) is 6.65. The highest BCUT2D eigenvalue weighted by molar-refractivity contribution is 5.94. The third-order valence-electron chi connectivity index (χ3n) is 5.21. The van der Waals surface area contributed by atoms with E-state index in [1.807, 2.05) is 59.5 Å². The number of amides is 1. The van der Waals surface area contributed by atoms with Crippen molar-refractivity contribution in [3.05, 3.63) is 65.7 Å². The number of carbonyl (C=O) groups is 1. The molecule has 2 aliphatic heterocycles. The normalized spacial score (nSPS) is 23.6. The Bertz CT molecular complexity index is 738. The van der Waals surface area contributed by atoms with Crippen molar-refractivity contribution in [2.75, 3.05) is 39.8 Å². The number of fused-ring (bicyclic) bond motifs is 1. The smallest absolute Gasteiger partial charge is 0.241 e. The first kappa shape index (κ1) is 15.2. The van der Waals surface area contributed by atoms with Gasteiger partial charge in [-0.25, -0.2) is 0 Å². The maximum absolute atomic E-state index is 13.6. The van der Waals surface area contributed by atoms with E-state index in [0.29, 0.717) is 6.61 Å². The van der Waals surface area contributed by atoms with Gasteiger partial charge in [-0.1, -0.05) is 48.5 Å². The molecule has 2 aliphatic rings. The largest absolute Gasteiger partial charge is 0.491 e. The molecule has 2 aromatic carbocycles. The Balaban J connectivity index is 1.80. The van der Waals surface area contributed by atoms with Crippen LogP contribution in [-0.4, -0.2) is 55.5 Å². The minimum absolute atomic E-state index is 0.159. The molecule has 2 aromatic rings. The summed E-state index contributed by atoms with van der Waals surface area (Å²) in [6, 6.07) is 18.0. The fraction of sp³-hybridized carbons (Fsp3) is 0.350. The van der Waals surface area contributed by atoms with Crippen LogP contribution < -0.4 is 4.74 Å². The molecule has 0 saturated carbocycles. The summed E-state index contributed by atoms with van der Waals surface area (Å²) in [5.74, 6) is 0.982. The minimum atomic E-state index is -0.728. The number of hydrogen-bond acceptors (Lipinski definition) is 3. The highest BCUT2D eigenvalue weighted by Crippen LogP contribution is 2.44. The maximum Gasteiger partial charge on any atom is 0.241 e. The second kappa shape index (κ2) is 5.95. The molecule has 0 spiro atoms. The molecule has 24 heavy (non-hydrogen) atoms. The number of rotatable bonds is 2. The molecular weight excluding hydrogens is 300 g/mol. The van der Waals surface area contributed by atoms with Gasteiger partial charge in [0.25, 0.3) is 0 Å². The molecule has 1 fully saturated rings. The molecule has 0 bridgehead atoms. The molecule has 4 nitrogen and oxygen atoms in total. The number of likely N-dealkylation sites (N-methyl/N-ethyl adjacent to an activating group) is 1. The van der Waals surface area contributed by atoms with Gasteiger partial charge < -0.3 is 14.5 Å². The first-order valence-corrected chi connectivity index (χ1v) is 8.47. The molecule has 0 aromatic heterocycles. The number of carbonyl (C=O) groups excluding carboxylic acids is 1. The lowest BCUT2D eigenvalue weighted by atomic mass is 9.74. The highest BCUT2D eigenvalue weighted by Gasteiger charge is 2.50. The van der Waals surface area contributed by atoms with Crippen molar-refractivity contribution in [2.24, 2.45) is 0 Å². The van der Waals surface area contributed by atoms with Gasteiger partial charge in [-0.2, -0.15) is 0 Å². The van der Waals surface area contributed by atoms with Crippen LogP contribution in [0.15, 0.2) is 54.6 Å². The second-order valence-electron chi connectivity index (χ2n) is 6.65. The summed E-state index contributed by atoms with van der Waals surface area (Å²) in [5, 5.41) is 0. The summed E-state index contributed by atoms with van der Waals surface area (Å²) in [5.41, 5.74) is 1.27. The van der Waals surface area contributed by atoms with E-state index in [4.69, 9.17) is 4.74 Å². The van der Waals surface area contributed by atoms with Crippen molar-refractivity contribution in [3.63, 3.8) is 0 Å². The number of nitrogens with zero attached hydrogens (tertiary/aromatic N) is 2. The standard InChI is InChI=1S/C20H22N2O2/c1-21-11-13-22(14-12-21)19(23)20(16-7-3-2-4-8-16)15-24-18-10-6-5-9-17(18)20/h2-10H,11-15H2,1H3. The number of piperazine rings is 1. The Labute approximate surface area is 142 Å². The number of para-hydroxylation sites is 1. The van der Waals surface area contributed by atoms with Crippen LogP contribution in [0.3, 0.4) is 0 Å². The van der Waals surface area contributed by atoms with E-state index in [1.54, 1.807) is 0 Å². The molecule has 1 saturated heterocycles. The van der Waals surface area contributed by atoms with Crippen molar-refractivity contribution in [2.45, 2.75) is 5.41 Å². The molecular formula is C20H22N2O2. The van der Waals surface area contributed by atoms with Crippen LogP contribution in [0, 0.1) is 0 Å². The fourth-order valence-electron chi connectivity index (χ4n) is 3.75. The average molecular weight is 322 g/mol. The summed E-state index contributed by atoms with van der Waals surface area (Å²) in [6.45, 7) is 3.75. The summed E-state index contributed by atoms with van der Waals surface area (Å²) in [7, 11) is 2.10. The number of hydrogen-bond donors (Lipinski definition) is 0. The van der Waals surface area contributed by atoms with Crippen LogP contribution in [0.25, 0.3) is 0 Å². The SMILES string of the molecule is CN1CCN(C(=O)C2(c3ccccc3)COc3ccccc32)CC1. The van der Waals surface area contributed by atoms with E-state index in [0.717, 1.165) is 43.1 Å². The third-order valence-corrected chi connectivity index (χ3v) is 5.21. The molecule has 124 valence electrons. The zero-order valence-corrected chi connectivity index (χ0v) is 13.9. The van der Waals surface area contributed by atoms with Gasteiger partial charge in [0.2, 0.25) is 5.91 Å². The molecule has 4 heteroatoms. The molecule has 1 unspecified atom stereocenters. The van der Waals surface area contributed by atoms with Crippen molar-refractivity contribution < 1.29 is 9.53 Å². The van der Waals surface area contributed by atoms with E-state index in [2.05, 4.69) is 11.9 Å². The summed E-state index contributed by atoms with van der Waals surface area (Å²) >= 11 is 0. The Morgan fingerprint density at radius 2 is 1.62 bits per heavy atom. The van der Waals surface area contributed by atoms with Gasteiger partial charge in [0.05, 0.1) is 0 Å². The van der Waals surface area contributed by atoms with Crippen molar-refractivity contribution in [1.82, 2.24) is 9.80 Å². The summed E-state index contributed by atoms with van der Waals surface area (Å²) in [4.78, 5) is 17.9. The van der Waals surface area contributed by atoms with Gasteiger partial charge in [-0.3, -0.25) is 4.79 Å². The van der Waals surface area contributed by atoms with Gasteiger partial charge in [-0.15, -0.1) is 0 Å². The first-order valence-electron chi connectivity index (χ1n) is 8.47. The van der Waals surface area contributed by atoms with Gasteiger partial charge in [0.1, 0.15) is 17.8 Å². The topological polar surface area (TPSA) is 32.8 Å². The first-order chi connectivity index (χ1) is 11.7. The van der Waals surface area contributed by atoms with Crippen LogP contribution >= 0.6 is 0 Å². The van der Waals surface area contributed by atoms with Crippen LogP contribution in [-0.2, 0) is 10.2 Å². The fourth-order valence-corrected chi connectivity index (χ4v) is 3.75.